The van der Waals surface area contributed by atoms with Gasteiger partial charge in [-0.3, -0.25) is 38.4 Å². The van der Waals surface area contributed by atoms with Crippen LogP contribution in [0, 0.1) is 68.7 Å². The number of anilines is 8. The Bertz CT molecular complexity index is 5510. The first kappa shape index (κ1) is 116. The van der Waals surface area contributed by atoms with Crippen LogP contribution in [0.5, 0.6) is 0 Å². The van der Waals surface area contributed by atoms with Crippen LogP contribution in [0.3, 0.4) is 0 Å². The van der Waals surface area contributed by atoms with Gasteiger partial charge in [0.2, 0.25) is 23.6 Å². The van der Waals surface area contributed by atoms with Gasteiger partial charge in [-0.1, -0.05) is 109 Å². The van der Waals surface area contributed by atoms with Crippen molar-refractivity contribution in [2.75, 3.05) is 114 Å². The molecule has 143 heavy (non-hydrogen) atoms. The van der Waals surface area contributed by atoms with Crippen LogP contribution in [0.25, 0.3) is 0 Å². The molecule has 0 radical (unpaired) electrons. The number of nitrogens with one attached hydrogen (secondary N) is 4. The standard InChI is InChI=1S/C29H40FN3O3S.C29H39FN2O3S.C28H37FN2O4S.C26H33FN2O4S/c1-19(2)18-33(22-11-13-32(6)14-12-22)26-10-9-23(37-29(4,5)28(35)36)17-25(26)31-27(34)16-21-8-7-20(3)15-24(21)30;1-19(2)18-32(22-9-7-6-8-10-22)26-14-13-23(36-29(4,5)28(34)35)17-25(26)31-27(33)16-21-12-11-20(3)15-24(21)30;1-18(2)17-31(21-10-12-35-13-11-21)25-9-8-22(36-28(4,5)27(33)34)16-24(25)30-26(32)15-20-7-6-19(3)14-23(20)29;1-5-29(19-10-12-33-13-11-19)23-9-8-20(34-26(3,4)25(31)32)16-22(23)28-24(30)15-18-7-6-17(2)14-21(18)27/h7-10,15,17,19,22H,11-14,16,18H2,1-6H3,(H,31,34)(H,35,36);11-15,17,19,22H,6-10,16,18H2,1-5H3,(H,31,33)(H,34,35);6-9,14,16,18,21H,10-13,15,17H2,1-5H3,(H,30,32)(H,33,34);6-9,14,16,19H,5,10-13,15H2,1-4H3,(H,28,30)(H,31,32). The van der Waals surface area contributed by atoms with Gasteiger partial charge in [0.05, 0.1) is 71.2 Å². The zero-order valence-corrected chi connectivity index (χ0v) is 90.1. The highest BCUT2D eigenvalue weighted by atomic mass is 32.2. The lowest BCUT2D eigenvalue weighted by molar-refractivity contribution is -0.139. The molecule has 4 aliphatic rings. The molecule has 4 fully saturated rings. The Balaban J connectivity index is 0.000000213. The number of carboxylic acids is 4. The van der Waals surface area contributed by atoms with Gasteiger partial charge in [0.1, 0.15) is 42.3 Å². The maximum Gasteiger partial charge on any atom is 0.319 e. The first-order valence-electron chi connectivity index (χ1n) is 49.7. The van der Waals surface area contributed by atoms with Gasteiger partial charge in [-0.25, -0.2) is 17.6 Å². The molecular weight excluding hydrogens is 1900 g/mol. The fraction of sp³-hybridized carbons (Fsp3) is 0.500. The monoisotopic (exact) mass is 2050 g/mol. The van der Waals surface area contributed by atoms with E-state index in [1.165, 1.54) is 90.6 Å². The predicted molar refractivity (Wildman–Crippen MR) is 575 cm³/mol. The second kappa shape index (κ2) is 53.7. The SMILES string of the molecule is CCN(c1ccc(SC(C)(C)C(=O)O)cc1NC(=O)Cc1ccc(C)cc1F)C1CCOCC1.Cc1ccc(CC(=O)Nc2cc(SC(C)(C)C(=O)O)ccc2N(CC(C)C)C2CCCCC2)c(F)c1.Cc1ccc(CC(=O)Nc2cc(SC(C)(C)C(=O)O)ccc2N(CC(C)C)C2CCN(C)CC2)c(F)c1.Cc1ccc(CC(=O)Nc2cc(SC(C)(C)C(=O)O)ccc2N(CC(C)C)C2CCOCC2)c(F)c1. The van der Waals surface area contributed by atoms with Gasteiger partial charge in [0, 0.05) is 96.4 Å². The molecule has 23 nitrogen and oxygen atoms in total. The van der Waals surface area contributed by atoms with Gasteiger partial charge in [0.25, 0.3) is 0 Å². The molecule has 8 N–H and O–H groups in total. The van der Waals surface area contributed by atoms with E-state index < -0.39 is 60.3 Å². The number of ether oxygens (including phenoxy) is 2. The summed E-state index contributed by atoms with van der Waals surface area (Å²) in [4.78, 5) is 114. The Hall–Kier alpha value is -10.3. The normalized spacial score (nSPS) is 14.8. The molecule has 8 aromatic rings. The lowest BCUT2D eigenvalue weighted by Crippen LogP contribution is -2.45. The second-order valence-corrected chi connectivity index (χ2v) is 47.9. The highest BCUT2D eigenvalue weighted by Gasteiger charge is 2.37. The maximum atomic E-state index is 14.4. The number of amides is 4. The number of benzene rings is 8. The van der Waals surface area contributed by atoms with E-state index in [2.05, 4.69) is 101 Å². The third-order valence-electron chi connectivity index (χ3n) is 25.4. The van der Waals surface area contributed by atoms with Gasteiger partial charge in [0.15, 0.2) is 0 Å². The summed E-state index contributed by atoms with van der Waals surface area (Å²) in [5.41, 5.74) is 10.6. The highest BCUT2D eigenvalue weighted by Crippen LogP contribution is 2.46. The molecule has 3 saturated heterocycles. The molecule has 0 aromatic heterocycles. The number of piperidine rings is 1. The first-order valence-corrected chi connectivity index (χ1v) is 53.0. The second-order valence-electron chi connectivity index (χ2n) is 41.1. The number of likely N-dealkylation sites (tertiary alicyclic amines) is 1. The molecule has 8 aromatic carbocycles. The lowest BCUT2D eigenvalue weighted by Gasteiger charge is -2.40. The largest absolute Gasteiger partial charge is 0.480 e. The van der Waals surface area contributed by atoms with Crippen LogP contribution in [0.2, 0.25) is 0 Å². The van der Waals surface area contributed by atoms with Crippen molar-refractivity contribution >= 4 is 140 Å². The van der Waals surface area contributed by atoms with E-state index >= 15 is 0 Å². The molecule has 778 valence electrons. The summed E-state index contributed by atoms with van der Waals surface area (Å²) in [7, 11) is 2.13. The van der Waals surface area contributed by atoms with Crippen molar-refractivity contribution in [2.24, 2.45) is 17.8 Å². The number of halogens is 4. The molecule has 12 rings (SSSR count). The van der Waals surface area contributed by atoms with E-state index in [1.807, 2.05) is 86.6 Å². The van der Waals surface area contributed by atoms with E-state index in [9.17, 15) is 76.3 Å². The van der Waals surface area contributed by atoms with E-state index in [0.29, 0.717) is 101 Å². The maximum absolute atomic E-state index is 14.4. The summed E-state index contributed by atoms with van der Waals surface area (Å²) >= 11 is 4.92. The molecule has 31 heteroatoms. The molecule has 3 aliphatic heterocycles. The zero-order valence-electron chi connectivity index (χ0n) is 86.8. The summed E-state index contributed by atoms with van der Waals surface area (Å²) in [6.45, 7) is 43.6. The Morgan fingerprint density at radius 1 is 0.350 bits per heavy atom. The predicted octanol–water partition coefficient (Wildman–Crippen LogP) is 24.1. The fourth-order valence-electron chi connectivity index (χ4n) is 17.6. The number of hydrogen-bond donors (Lipinski definition) is 8. The number of aliphatic carboxylic acids is 4. The van der Waals surface area contributed by atoms with Crippen LogP contribution in [-0.4, -0.2) is 189 Å². The number of carbonyl (C=O) groups excluding carboxylic acids is 4. The van der Waals surface area contributed by atoms with Gasteiger partial charge >= 0.3 is 23.9 Å². The molecule has 0 unspecified atom stereocenters. The molecule has 1 aliphatic carbocycles. The topological polar surface area (TPSA) is 300 Å². The minimum absolute atomic E-state index is 0.0723. The van der Waals surface area contributed by atoms with Crippen molar-refractivity contribution in [1.82, 2.24) is 4.90 Å². The molecule has 0 spiro atoms. The molecule has 0 bridgehead atoms. The van der Waals surface area contributed by atoms with Crippen LogP contribution in [-0.2, 0) is 73.5 Å². The Kier molecular flexibility index (Phi) is 43.7. The summed E-state index contributed by atoms with van der Waals surface area (Å²) in [5, 5.41) is 50.4. The van der Waals surface area contributed by atoms with Crippen molar-refractivity contribution in [3.63, 3.8) is 0 Å². The number of thioether (sulfide) groups is 4. The number of rotatable bonds is 39. The van der Waals surface area contributed by atoms with Crippen LogP contribution >= 0.6 is 47.0 Å². The Morgan fingerprint density at radius 3 is 0.811 bits per heavy atom. The number of carbonyl (C=O) groups is 8. The summed E-state index contributed by atoms with van der Waals surface area (Å²) in [5.74, 6) is -5.26. The van der Waals surface area contributed by atoms with Crippen LogP contribution in [0.4, 0.5) is 63.1 Å². The van der Waals surface area contributed by atoms with Crippen LogP contribution in [0.15, 0.2) is 165 Å². The van der Waals surface area contributed by atoms with Crippen molar-refractivity contribution < 1.29 is 85.8 Å². The minimum atomic E-state index is -1.04. The van der Waals surface area contributed by atoms with E-state index in [4.69, 9.17) is 9.47 Å². The van der Waals surface area contributed by atoms with E-state index in [1.54, 1.807) is 118 Å². The number of aryl methyl sites for hydroxylation is 4. The van der Waals surface area contributed by atoms with Crippen LogP contribution in [0.1, 0.15) is 219 Å². The van der Waals surface area contributed by atoms with Crippen molar-refractivity contribution in [2.45, 2.75) is 291 Å². The number of carboxylic acid groups (broad SMARTS) is 4. The Labute approximate surface area is 860 Å². The molecule has 4 amide bonds. The Morgan fingerprint density at radius 2 is 0.580 bits per heavy atom. The smallest absolute Gasteiger partial charge is 0.319 e. The molecular formula is C112H149F4N9O14S4. The van der Waals surface area contributed by atoms with Crippen molar-refractivity contribution in [3.05, 3.63) is 213 Å². The van der Waals surface area contributed by atoms with E-state index in [-0.39, 0.29) is 67.2 Å². The lowest BCUT2D eigenvalue weighted by atomic mass is 9.93. The van der Waals surface area contributed by atoms with Crippen molar-refractivity contribution in [3.8, 4) is 0 Å². The van der Waals surface area contributed by atoms with Gasteiger partial charge in [-0.2, -0.15) is 0 Å². The summed E-state index contributed by atoms with van der Waals surface area (Å²) < 4.78 is 64.6. The summed E-state index contributed by atoms with van der Waals surface area (Å²) in [6, 6.07) is 43.6. The minimum Gasteiger partial charge on any atom is -0.480 e. The van der Waals surface area contributed by atoms with Crippen molar-refractivity contribution in [1.29, 1.82) is 0 Å². The molecule has 3 heterocycles. The third kappa shape index (κ3) is 35.5. The zero-order chi connectivity index (χ0) is 105. The number of hydrogen-bond acceptors (Lipinski definition) is 19. The highest BCUT2D eigenvalue weighted by molar-refractivity contribution is 8.02. The quantitative estimate of drug-likeness (QED) is 0.0131. The summed E-state index contributed by atoms with van der Waals surface area (Å²) in [6.07, 6.45) is 11.1. The van der Waals surface area contributed by atoms with Gasteiger partial charge in [-0.05, 0) is 321 Å². The average Bonchev–Trinajstić information content (AvgIpc) is 0.807. The van der Waals surface area contributed by atoms with E-state index in [0.717, 1.165) is 155 Å². The van der Waals surface area contributed by atoms with Crippen LogP contribution < -0.4 is 40.9 Å². The fourth-order valence-corrected chi connectivity index (χ4v) is 21.5. The average molecular weight is 2050 g/mol. The third-order valence-corrected chi connectivity index (χ3v) is 30.1. The first-order chi connectivity index (χ1) is 67.4. The number of nitrogens with zero attached hydrogens (tertiary/aromatic N) is 5. The molecule has 1 saturated carbocycles. The molecule has 0 atom stereocenters. The van der Waals surface area contributed by atoms with Gasteiger partial charge in [-0.15, -0.1) is 47.0 Å². The van der Waals surface area contributed by atoms with Gasteiger partial charge < -0.3 is 75.7 Å².